The first-order chi connectivity index (χ1) is 8.20. The number of benzene rings is 1. The van der Waals surface area contributed by atoms with Crippen molar-refractivity contribution in [2.45, 2.75) is 25.5 Å². The van der Waals surface area contributed by atoms with Gasteiger partial charge in [-0.1, -0.05) is 6.07 Å². The summed E-state index contributed by atoms with van der Waals surface area (Å²) in [6, 6.07) is 5.04. The molecule has 0 spiro atoms. The van der Waals surface area contributed by atoms with Gasteiger partial charge in [0.1, 0.15) is 0 Å². The highest BCUT2D eigenvalue weighted by molar-refractivity contribution is 5.77. The Hall–Kier alpha value is -1.88. The average molecular weight is 232 g/mol. The van der Waals surface area contributed by atoms with Crippen LogP contribution >= 0.6 is 0 Å². The van der Waals surface area contributed by atoms with Crippen molar-refractivity contribution in [1.82, 2.24) is 9.55 Å². The van der Waals surface area contributed by atoms with Crippen LogP contribution in [0.15, 0.2) is 27.8 Å². The molecule has 2 N–H and O–H groups in total. The maximum Gasteiger partial charge on any atom is 0.329 e. The van der Waals surface area contributed by atoms with E-state index in [1.165, 1.54) is 4.57 Å². The molecular formula is C12H12N2O3. The van der Waals surface area contributed by atoms with Crippen LogP contribution in [-0.4, -0.2) is 14.7 Å². The molecule has 0 atom stereocenters. The minimum atomic E-state index is -0.361. The fourth-order valence-electron chi connectivity index (χ4n) is 2.04. The van der Waals surface area contributed by atoms with Crippen molar-refractivity contribution >= 4 is 10.9 Å². The molecule has 0 radical (unpaired) electrons. The normalized spacial score (nSPS) is 15.4. The van der Waals surface area contributed by atoms with Crippen molar-refractivity contribution in [3.8, 4) is 0 Å². The fourth-order valence-corrected chi connectivity index (χ4v) is 2.04. The van der Waals surface area contributed by atoms with Crippen LogP contribution in [0, 0.1) is 0 Å². The molecule has 5 heteroatoms. The monoisotopic (exact) mass is 232 g/mol. The highest BCUT2D eigenvalue weighted by atomic mass is 16.3. The third kappa shape index (κ3) is 1.59. The minimum Gasteiger partial charge on any atom is -0.392 e. The third-order valence-electron chi connectivity index (χ3n) is 3.09. The molecule has 0 aliphatic heterocycles. The lowest BCUT2D eigenvalue weighted by atomic mass is 10.1. The van der Waals surface area contributed by atoms with Gasteiger partial charge < -0.3 is 10.1 Å². The van der Waals surface area contributed by atoms with E-state index in [1.54, 1.807) is 18.2 Å². The molecule has 1 aromatic heterocycles. The first-order valence-corrected chi connectivity index (χ1v) is 5.59. The van der Waals surface area contributed by atoms with E-state index in [0.717, 1.165) is 12.8 Å². The molecule has 5 nitrogen and oxygen atoms in total. The standard InChI is InChI=1S/C12H12N2O3/c15-6-7-1-4-9-10(5-7)13-12(17)14(11(9)16)8-2-3-8/h1,4-5,8,15H,2-3,6H2,(H,13,17). The Morgan fingerprint density at radius 3 is 2.76 bits per heavy atom. The molecule has 1 heterocycles. The number of aromatic amines is 1. The summed E-state index contributed by atoms with van der Waals surface area (Å²) in [5.74, 6) is 0. The van der Waals surface area contributed by atoms with Crippen LogP contribution in [-0.2, 0) is 6.61 Å². The summed E-state index contributed by atoms with van der Waals surface area (Å²) >= 11 is 0. The summed E-state index contributed by atoms with van der Waals surface area (Å²) in [4.78, 5) is 26.6. The molecule has 0 unspecified atom stereocenters. The van der Waals surface area contributed by atoms with Crippen LogP contribution in [0.1, 0.15) is 24.4 Å². The predicted molar refractivity (Wildman–Crippen MR) is 63.0 cm³/mol. The van der Waals surface area contributed by atoms with E-state index in [-0.39, 0.29) is 23.9 Å². The third-order valence-corrected chi connectivity index (χ3v) is 3.09. The van der Waals surface area contributed by atoms with Crippen molar-refractivity contribution < 1.29 is 5.11 Å². The molecule has 1 fully saturated rings. The molecule has 2 aromatic rings. The summed E-state index contributed by atoms with van der Waals surface area (Å²) in [5, 5.41) is 9.51. The van der Waals surface area contributed by atoms with Crippen molar-refractivity contribution in [3.63, 3.8) is 0 Å². The Balaban J connectivity index is 2.35. The number of aliphatic hydroxyl groups is 1. The second-order valence-corrected chi connectivity index (χ2v) is 4.37. The first kappa shape index (κ1) is 10.3. The molecule has 3 rings (SSSR count). The number of nitrogens with zero attached hydrogens (tertiary/aromatic N) is 1. The largest absolute Gasteiger partial charge is 0.392 e. The van der Waals surface area contributed by atoms with Gasteiger partial charge in [0, 0.05) is 6.04 Å². The quantitative estimate of drug-likeness (QED) is 0.792. The highest BCUT2D eigenvalue weighted by Crippen LogP contribution is 2.32. The van der Waals surface area contributed by atoms with E-state index in [4.69, 9.17) is 5.11 Å². The van der Waals surface area contributed by atoms with Crippen molar-refractivity contribution in [1.29, 1.82) is 0 Å². The Kier molecular flexibility index (Phi) is 2.16. The number of hydrogen-bond donors (Lipinski definition) is 2. The van der Waals surface area contributed by atoms with Gasteiger partial charge in [-0.3, -0.25) is 9.36 Å². The van der Waals surface area contributed by atoms with E-state index in [9.17, 15) is 9.59 Å². The number of hydrogen-bond acceptors (Lipinski definition) is 3. The van der Waals surface area contributed by atoms with Gasteiger partial charge in [-0.2, -0.15) is 0 Å². The summed E-state index contributed by atoms with van der Waals surface area (Å²) < 4.78 is 1.29. The molecule has 88 valence electrons. The lowest BCUT2D eigenvalue weighted by Crippen LogP contribution is -2.34. The van der Waals surface area contributed by atoms with E-state index >= 15 is 0 Å². The Morgan fingerprint density at radius 2 is 2.12 bits per heavy atom. The molecule has 0 bridgehead atoms. The van der Waals surface area contributed by atoms with Gasteiger partial charge in [-0.05, 0) is 30.5 Å². The molecule has 0 saturated heterocycles. The summed E-state index contributed by atoms with van der Waals surface area (Å²) in [7, 11) is 0. The van der Waals surface area contributed by atoms with Crippen LogP contribution in [0.2, 0.25) is 0 Å². The molecule has 1 saturated carbocycles. The maximum absolute atomic E-state index is 12.1. The van der Waals surface area contributed by atoms with Crippen LogP contribution in [0.5, 0.6) is 0 Å². The number of nitrogens with one attached hydrogen (secondary N) is 1. The molecule has 0 amide bonds. The summed E-state index contributed by atoms with van der Waals surface area (Å²) in [6.45, 7) is -0.107. The minimum absolute atomic E-state index is 0.0631. The maximum atomic E-state index is 12.1. The molecule has 1 aliphatic rings. The number of aromatic nitrogens is 2. The second kappa shape index (κ2) is 3.56. The summed E-state index contributed by atoms with van der Waals surface area (Å²) in [6.07, 6.45) is 1.78. The van der Waals surface area contributed by atoms with Crippen LogP contribution in [0.25, 0.3) is 10.9 Å². The zero-order valence-electron chi connectivity index (χ0n) is 9.14. The van der Waals surface area contributed by atoms with Gasteiger partial charge in [0.25, 0.3) is 5.56 Å². The highest BCUT2D eigenvalue weighted by Gasteiger charge is 2.27. The van der Waals surface area contributed by atoms with Crippen LogP contribution in [0.3, 0.4) is 0 Å². The Labute approximate surface area is 96.3 Å². The molecular weight excluding hydrogens is 220 g/mol. The summed E-state index contributed by atoms with van der Waals surface area (Å²) in [5.41, 5.74) is 0.566. The van der Waals surface area contributed by atoms with E-state index in [0.29, 0.717) is 16.5 Å². The van der Waals surface area contributed by atoms with Gasteiger partial charge in [-0.15, -0.1) is 0 Å². The zero-order chi connectivity index (χ0) is 12.0. The van der Waals surface area contributed by atoms with Crippen molar-refractivity contribution in [2.75, 3.05) is 0 Å². The Morgan fingerprint density at radius 1 is 1.35 bits per heavy atom. The lowest BCUT2D eigenvalue weighted by Gasteiger charge is -2.05. The fraction of sp³-hybridized carbons (Fsp3) is 0.333. The van der Waals surface area contributed by atoms with Gasteiger partial charge in [0.15, 0.2) is 0 Å². The zero-order valence-corrected chi connectivity index (χ0v) is 9.14. The van der Waals surface area contributed by atoms with Gasteiger partial charge in [-0.25, -0.2) is 4.79 Å². The number of rotatable bonds is 2. The van der Waals surface area contributed by atoms with Gasteiger partial charge in [0.2, 0.25) is 0 Å². The topological polar surface area (TPSA) is 75.1 Å². The first-order valence-electron chi connectivity index (χ1n) is 5.59. The lowest BCUT2D eigenvalue weighted by molar-refractivity contribution is 0.282. The Bertz CT molecular complexity index is 695. The average Bonchev–Trinajstić information content (AvgIpc) is 3.12. The number of H-pyrrole nitrogens is 1. The number of aliphatic hydroxyl groups excluding tert-OH is 1. The van der Waals surface area contributed by atoms with Crippen molar-refractivity contribution in [2.24, 2.45) is 0 Å². The predicted octanol–water partition coefficient (Wildman–Crippen LogP) is 0.517. The van der Waals surface area contributed by atoms with E-state index in [1.807, 2.05) is 0 Å². The van der Waals surface area contributed by atoms with Crippen LogP contribution in [0.4, 0.5) is 0 Å². The molecule has 17 heavy (non-hydrogen) atoms. The van der Waals surface area contributed by atoms with Gasteiger partial charge in [0.05, 0.1) is 17.5 Å². The van der Waals surface area contributed by atoms with Crippen LogP contribution < -0.4 is 11.2 Å². The van der Waals surface area contributed by atoms with Gasteiger partial charge >= 0.3 is 5.69 Å². The van der Waals surface area contributed by atoms with Crippen molar-refractivity contribution in [3.05, 3.63) is 44.6 Å². The van der Waals surface area contributed by atoms with E-state index in [2.05, 4.69) is 4.98 Å². The SMILES string of the molecule is O=c1[nH]c2cc(CO)ccc2c(=O)n1C1CC1. The number of fused-ring (bicyclic) bond motifs is 1. The molecule has 1 aliphatic carbocycles. The molecule has 1 aromatic carbocycles. The second-order valence-electron chi connectivity index (χ2n) is 4.37. The van der Waals surface area contributed by atoms with E-state index < -0.39 is 0 Å². The smallest absolute Gasteiger partial charge is 0.329 e.